The highest BCUT2D eigenvalue weighted by Crippen LogP contribution is 2.37. The molecule has 0 aliphatic carbocycles. The van der Waals surface area contributed by atoms with Crippen LogP contribution in [0.25, 0.3) is 10.9 Å². The summed E-state index contributed by atoms with van der Waals surface area (Å²) in [5, 5.41) is 3.53. The van der Waals surface area contributed by atoms with Gasteiger partial charge in [-0.25, -0.2) is 4.98 Å². The van der Waals surface area contributed by atoms with Crippen molar-refractivity contribution in [2.75, 3.05) is 18.6 Å². The lowest BCUT2D eigenvalue weighted by atomic mass is 10.1. The van der Waals surface area contributed by atoms with Crippen molar-refractivity contribution in [1.82, 2.24) is 15.3 Å². The molecule has 5 rings (SSSR count). The number of anilines is 1. The van der Waals surface area contributed by atoms with Gasteiger partial charge in [-0.05, 0) is 48.5 Å². The van der Waals surface area contributed by atoms with Crippen molar-refractivity contribution < 1.29 is 19.1 Å². The molecule has 1 aliphatic heterocycles. The summed E-state index contributed by atoms with van der Waals surface area (Å²) in [6.45, 7) is 0.00286. The second-order valence-electron chi connectivity index (χ2n) is 7.51. The first-order chi connectivity index (χ1) is 16.1. The first-order valence-corrected chi connectivity index (χ1v) is 10.4. The van der Waals surface area contributed by atoms with Crippen LogP contribution < -0.4 is 19.7 Å². The molecule has 1 aliphatic rings. The number of pyridine rings is 2. The molecule has 1 N–H and O–H groups in total. The van der Waals surface area contributed by atoms with E-state index in [0.717, 1.165) is 10.9 Å². The fourth-order valence-electron chi connectivity index (χ4n) is 3.70. The van der Waals surface area contributed by atoms with E-state index < -0.39 is 11.9 Å². The van der Waals surface area contributed by atoms with Gasteiger partial charge in [0.1, 0.15) is 35.6 Å². The normalized spacial score (nSPS) is 15.4. The largest absolute Gasteiger partial charge is 0.489 e. The summed E-state index contributed by atoms with van der Waals surface area (Å²) < 4.78 is 11.6. The van der Waals surface area contributed by atoms with E-state index >= 15 is 0 Å². The third-order valence-electron chi connectivity index (χ3n) is 5.34. The van der Waals surface area contributed by atoms with Crippen LogP contribution in [0, 0.1) is 0 Å². The number of carbonyl (C=O) groups is 2. The molecule has 33 heavy (non-hydrogen) atoms. The molecule has 2 aromatic carbocycles. The Morgan fingerprint density at radius 2 is 1.88 bits per heavy atom. The Morgan fingerprint density at radius 1 is 1.03 bits per heavy atom. The highest BCUT2D eigenvalue weighted by Gasteiger charge is 2.32. The van der Waals surface area contributed by atoms with E-state index in [1.54, 1.807) is 31.4 Å². The summed E-state index contributed by atoms with van der Waals surface area (Å²) in [4.78, 5) is 35.9. The lowest BCUT2D eigenvalue weighted by molar-refractivity contribution is -0.120. The molecule has 0 spiro atoms. The Balaban J connectivity index is 1.32. The minimum atomic E-state index is -0.872. The molecule has 2 aromatic heterocycles. The summed E-state index contributed by atoms with van der Waals surface area (Å²) in [6, 6.07) is 18.9. The average molecular weight is 440 g/mol. The molecule has 0 fully saturated rings. The van der Waals surface area contributed by atoms with Gasteiger partial charge in [-0.3, -0.25) is 14.6 Å². The van der Waals surface area contributed by atoms with Crippen LogP contribution in [0.4, 0.5) is 5.69 Å². The maximum absolute atomic E-state index is 13.1. The monoisotopic (exact) mass is 440 g/mol. The van der Waals surface area contributed by atoms with Crippen LogP contribution in [-0.4, -0.2) is 41.5 Å². The maximum atomic E-state index is 13.1. The molecular formula is C25H20N4O4. The molecule has 0 saturated heterocycles. The van der Waals surface area contributed by atoms with Crippen LogP contribution in [0.15, 0.2) is 79.1 Å². The zero-order valence-corrected chi connectivity index (χ0v) is 17.8. The van der Waals surface area contributed by atoms with Gasteiger partial charge in [-0.2, -0.15) is 0 Å². The number of amides is 2. The summed E-state index contributed by atoms with van der Waals surface area (Å²) in [6.07, 6.45) is 3.16. The SMILES string of the molecule is CN1C(=O)[C@@H](NC(=O)c2ccc(Oc3ccccc3)cn2)COc2ccc3ncccc3c21. The van der Waals surface area contributed by atoms with Crippen LogP contribution in [0.3, 0.4) is 0 Å². The van der Waals surface area contributed by atoms with E-state index in [4.69, 9.17) is 9.47 Å². The van der Waals surface area contributed by atoms with Crippen LogP contribution >= 0.6 is 0 Å². The number of hydrogen-bond donors (Lipinski definition) is 1. The van der Waals surface area contributed by atoms with Crippen molar-refractivity contribution in [2.45, 2.75) is 6.04 Å². The van der Waals surface area contributed by atoms with E-state index in [1.165, 1.54) is 11.1 Å². The van der Waals surface area contributed by atoms with E-state index in [-0.39, 0.29) is 18.2 Å². The molecule has 8 nitrogen and oxygen atoms in total. The van der Waals surface area contributed by atoms with Gasteiger partial charge in [-0.1, -0.05) is 18.2 Å². The predicted octanol–water partition coefficient (Wildman–Crippen LogP) is 3.58. The Morgan fingerprint density at radius 3 is 2.67 bits per heavy atom. The van der Waals surface area contributed by atoms with Gasteiger partial charge in [0, 0.05) is 18.6 Å². The number of carbonyl (C=O) groups excluding carboxylic acids is 2. The van der Waals surface area contributed by atoms with Gasteiger partial charge in [0.2, 0.25) is 0 Å². The van der Waals surface area contributed by atoms with Crippen molar-refractivity contribution in [3.63, 3.8) is 0 Å². The third kappa shape index (κ3) is 4.06. The Bertz CT molecular complexity index is 1330. The van der Waals surface area contributed by atoms with E-state index in [2.05, 4.69) is 15.3 Å². The van der Waals surface area contributed by atoms with Crippen LogP contribution in [-0.2, 0) is 4.79 Å². The fraction of sp³-hybridized carbons (Fsp3) is 0.120. The summed E-state index contributed by atoms with van der Waals surface area (Å²) in [5.41, 5.74) is 1.55. The number of ether oxygens (including phenoxy) is 2. The quantitative estimate of drug-likeness (QED) is 0.521. The number of para-hydroxylation sites is 1. The third-order valence-corrected chi connectivity index (χ3v) is 5.34. The minimum absolute atomic E-state index is 0.00286. The minimum Gasteiger partial charge on any atom is -0.489 e. The van der Waals surface area contributed by atoms with Gasteiger partial charge >= 0.3 is 0 Å². The molecule has 4 aromatic rings. The molecule has 8 heteroatoms. The molecule has 3 heterocycles. The Hall–Kier alpha value is -4.46. The zero-order valence-electron chi connectivity index (χ0n) is 17.8. The molecule has 2 amide bonds. The number of rotatable bonds is 4. The second kappa shape index (κ2) is 8.58. The summed E-state index contributed by atoms with van der Waals surface area (Å²) in [7, 11) is 1.66. The summed E-state index contributed by atoms with van der Waals surface area (Å²) in [5.74, 6) is 0.963. The number of hydrogen-bond acceptors (Lipinski definition) is 6. The first kappa shape index (κ1) is 20.4. The molecular weight excluding hydrogens is 420 g/mol. The molecule has 0 unspecified atom stereocenters. The number of likely N-dealkylation sites (N-methyl/N-ethyl adjacent to an activating group) is 1. The number of nitrogens with one attached hydrogen (secondary N) is 1. The smallest absolute Gasteiger partial charge is 0.270 e. The van der Waals surface area contributed by atoms with Gasteiger partial charge in [0.05, 0.1) is 17.4 Å². The lowest BCUT2D eigenvalue weighted by Gasteiger charge is -2.21. The number of benzene rings is 2. The van der Waals surface area contributed by atoms with Crippen molar-refractivity contribution in [3.05, 3.63) is 84.8 Å². The van der Waals surface area contributed by atoms with Crippen molar-refractivity contribution in [2.24, 2.45) is 0 Å². The highest BCUT2D eigenvalue weighted by molar-refractivity contribution is 6.08. The zero-order chi connectivity index (χ0) is 22.8. The van der Waals surface area contributed by atoms with Gasteiger partial charge < -0.3 is 19.7 Å². The van der Waals surface area contributed by atoms with E-state index in [9.17, 15) is 9.59 Å². The van der Waals surface area contributed by atoms with Crippen molar-refractivity contribution in [1.29, 1.82) is 0 Å². The maximum Gasteiger partial charge on any atom is 0.270 e. The van der Waals surface area contributed by atoms with E-state index in [0.29, 0.717) is 22.9 Å². The number of aromatic nitrogens is 2. The average Bonchev–Trinajstić information content (AvgIpc) is 2.97. The van der Waals surface area contributed by atoms with Crippen molar-refractivity contribution in [3.8, 4) is 17.2 Å². The van der Waals surface area contributed by atoms with Gasteiger partial charge in [-0.15, -0.1) is 0 Å². The number of nitrogens with zero attached hydrogens (tertiary/aromatic N) is 3. The first-order valence-electron chi connectivity index (χ1n) is 10.4. The predicted molar refractivity (Wildman–Crippen MR) is 123 cm³/mol. The second-order valence-corrected chi connectivity index (χ2v) is 7.51. The van der Waals surface area contributed by atoms with Crippen molar-refractivity contribution >= 4 is 28.4 Å². The van der Waals surface area contributed by atoms with Gasteiger partial charge in [0.15, 0.2) is 0 Å². The highest BCUT2D eigenvalue weighted by atomic mass is 16.5. The van der Waals surface area contributed by atoms with E-state index in [1.807, 2.05) is 48.5 Å². The van der Waals surface area contributed by atoms with Crippen LogP contribution in [0.1, 0.15) is 10.5 Å². The van der Waals surface area contributed by atoms with Crippen LogP contribution in [0.2, 0.25) is 0 Å². The molecule has 0 saturated carbocycles. The topological polar surface area (TPSA) is 93.7 Å². The Labute approximate surface area is 189 Å². The molecule has 0 bridgehead atoms. The Kier molecular flexibility index (Phi) is 5.32. The van der Waals surface area contributed by atoms with Crippen LogP contribution in [0.5, 0.6) is 17.2 Å². The summed E-state index contributed by atoms with van der Waals surface area (Å²) >= 11 is 0. The number of fused-ring (bicyclic) bond motifs is 3. The lowest BCUT2D eigenvalue weighted by Crippen LogP contribution is -2.49. The fourth-order valence-corrected chi connectivity index (χ4v) is 3.70. The molecule has 164 valence electrons. The molecule has 1 atom stereocenters. The standard InChI is InChI=1S/C25H20N4O4/c1-29-23-18-8-5-13-26-19(18)11-12-22(23)32-15-21(25(29)31)28-24(30)20-10-9-17(14-27-20)33-16-6-3-2-4-7-16/h2-14,21H,15H2,1H3,(H,28,30)/t21-/m0/s1. The van der Waals surface area contributed by atoms with Gasteiger partial charge in [0.25, 0.3) is 11.8 Å². The molecule has 0 radical (unpaired) electrons.